The molecule has 2 aromatic rings. The lowest BCUT2D eigenvalue weighted by Gasteiger charge is -2.12. The zero-order valence-corrected chi connectivity index (χ0v) is 12.5. The van der Waals surface area contributed by atoms with Crippen LogP contribution in [0.15, 0.2) is 48.5 Å². The number of hydrogen-bond acceptors (Lipinski definition) is 2. The summed E-state index contributed by atoms with van der Waals surface area (Å²) in [6.45, 7) is 1.48. The lowest BCUT2D eigenvalue weighted by Crippen LogP contribution is -2.04. The third-order valence-corrected chi connectivity index (χ3v) is 3.70. The van der Waals surface area contributed by atoms with Gasteiger partial charge in [-0.05, 0) is 45.9 Å². The van der Waals surface area contributed by atoms with Crippen molar-refractivity contribution < 1.29 is 4.74 Å². The van der Waals surface area contributed by atoms with E-state index in [0.717, 1.165) is 6.54 Å². The van der Waals surface area contributed by atoms with Crippen molar-refractivity contribution in [3.8, 4) is 0 Å². The van der Waals surface area contributed by atoms with Crippen LogP contribution in [0, 0.1) is 3.57 Å². The highest BCUT2D eigenvalue weighted by molar-refractivity contribution is 14.1. The van der Waals surface area contributed by atoms with E-state index < -0.39 is 0 Å². The molecule has 0 saturated carbocycles. The van der Waals surface area contributed by atoms with Gasteiger partial charge in [0, 0.05) is 22.9 Å². The molecule has 0 aromatic heterocycles. The van der Waals surface area contributed by atoms with Crippen molar-refractivity contribution in [2.45, 2.75) is 13.2 Å². The maximum atomic E-state index is 5.22. The van der Waals surface area contributed by atoms with Gasteiger partial charge >= 0.3 is 0 Å². The van der Waals surface area contributed by atoms with Crippen molar-refractivity contribution in [1.29, 1.82) is 0 Å². The van der Waals surface area contributed by atoms with E-state index >= 15 is 0 Å². The highest BCUT2D eigenvalue weighted by Crippen LogP contribution is 2.19. The molecule has 0 heterocycles. The zero-order valence-electron chi connectivity index (χ0n) is 10.3. The Morgan fingerprint density at radius 3 is 2.39 bits per heavy atom. The van der Waals surface area contributed by atoms with Gasteiger partial charge in [-0.1, -0.05) is 36.4 Å². The standard InChI is InChI=1S/C15H16INO/c1-18-11-13-7-3-2-6-12(13)10-17-15-9-5-4-8-14(15)16/h2-9,17H,10-11H2,1H3. The van der Waals surface area contributed by atoms with Crippen molar-refractivity contribution in [3.63, 3.8) is 0 Å². The molecule has 0 aliphatic heterocycles. The number of hydrogen-bond donors (Lipinski definition) is 1. The minimum atomic E-state index is 0.656. The van der Waals surface area contributed by atoms with Crippen LogP contribution < -0.4 is 5.32 Å². The Kier molecular flexibility index (Phi) is 5.01. The van der Waals surface area contributed by atoms with Gasteiger partial charge < -0.3 is 10.1 Å². The third kappa shape index (κ3) is 3.46. The van der Waals surface area contributed by atoms with Gasteiger partial charge in [-0.15, -0.1) is 0 Å². The summed E-state index contributed by atoms with van der Waals surface area (Å²) in [4.78, 5) is 0. The molecule has 18 heavy (non-hydrogen) atoms. The molecule has 94 valence electrons. The fourth-order valence-electron chi connectivity index (χ4n) is 1.82. The van der Waals surface area contributed by atoms with Crippen LogP contribution >= 0.6 is 22.6 Å². The van der Waals surface area contributed by atoms with Crippen molar-refractivity contribution in [2.75, 3.05) is 12.4 Å². The molecule has 1 N–H and O–H groups in total. The van der Waals surface area contributed by atoms with E-state index in [1.807, 2.05) is 18.2 Å². The van der Waals surface area contributed by atoms with Gasteiger partial charge in [-0.3, -0.25) is 0 Å². The van der Waals surface area contributed by atoms with Gasteiger partial charge in [0.05, 0.1) is 6.61 Å². The number of benzene rings is 2. The summed E-state index contributed by atoms with van der Waals surface area (Å²) < 4.78 is 6.45. The Balaban J connectivity index is 2.08. The van der Waals surface area contributed by atoms with Crippen LogP contribution in [0.1, 0.15) is 11.1 Å². The maximum absolute atomic E-state index is 5.22. The second kappa shape index (κ2) is 6.75. The van der Waals surface area contributed by atoms with Crippen molar-refractivity contribution in [3.05, 3.63) is 63.2 Å². The number of methoxy groups -OCH3 is 1. The van der Waals surface area contributed by atoms with Gasteiger partial charge in [-0.25, -0.2) is 0 Å². The van der Waals surface area contributed by atoms with E-state index in [2.05, 4.69) is 58.2 Å². The van der Waals surface area contributed by atoms with Crippen LogP contribution in [0.2, 0.25) is 0 Å². The SMILES string of the molecule is COCc1ccccc1CNc1ccccc1I. The van der Waals surface area contributed by atoms with Gasteiger partial charge in [0.1, 0.15) is 0 Å². The summed E-state index contributed by atoms with van der Waals surface area (Å²) in [5.74, 6) is 0. The van der Waals surface area contributed by atoms with E-state index in [1.54, 1.807) is 7.11 Å². The van der Waals surface area contributed by atoms with Crippen molar-refractivity contribution >= 4 is 28.3 Å². The molecule has 0 aliphatic carbocycles. The van der Waals surface area contributed by atoms with E-state index in [0.29, 0.717) is 6.61 Å². The Labute approximate surface area is 122 Å². The fraction of sp³-hybridized carbons (Fsp3) is 0.200. The van der Waals surface area contributed by atoms with Gasteiger partial charge in [-0.2, -0.15) is 0 Å². The molecule has 2 aromatic carbocycles. The third-order valence-electron chi connectivity index (χ3n) is 2.76. The molecule has 2 rings (SSSR count). The first kappa shape index (κ1) is 13.4. The molecule has 0 saturated heterocycles. The number of nitrogens with one attached hydrogen (secondary N) is 1. The van der Waals surface area contributed by atoms with E-state index in [1.165, 1.54) is 20.4 Å². The van der Waals surface area contributed by atoms with Gasteiger partial charge in [0.15, 0.2) is 0 Å². The molecule has 0 fully saturated rings. The first-order valence-electron chi connectivity index (χ1n) is 5.85. The minimum Gasteiger partial charge on any atom is -0.380 e. The fourth-order valence-corrected chi connectivity index (χ4v) is 2.40. The summed E-state index contributed by atoms with van der Waals surface area (Å²) in [5, 5.41) is 3.46. The topological polar surface area (TPSA) is 21.3 Å². The molecule has 0 amide bonds. The molecule has 3 heteroatoms. The van der Waals surface area contributed by atoms with E-state index in [4.69, 9.17) is 4.74 Å². The predicted molar refractivity (Wildman–Crippen MR) is 83.6 cm³/mol. The number of ether oxygens (including phenoxy) is 1. The van der Waals surface area contributed by atoms with Crippen LogP contribution in [0.4, 0.5) is 5.69 Å². The summed E-state index contributed by atoms with van der Waals surface area (Å²) in [6.07, 6.45) is 0. The Hall–Kier alpha value is -1.07. The van der Waals surface area contributed by atoms with Crippen molar-refractivity contribution in [2.24, 2.45) is 0 Å². The van der Waals surface area contributed by atoms with Gasteiger partial charge in [0.2, 0.25) is 0 Å². The minimum absolute atomic E-state index is 0.656. The van der Waals surface area contributed by atoms with E-state index in [9.17, 15) is 0 Å². The smallest absolute Gasteiger partial charge is 0.0716 e. The summed E-state index contributed by atoms with van der Waals surface area (Å²) >= 11 is 2.34. The highest BCUT2D eigenvalue weighted by Gasteiger charge is 2.02. The van der Waals surface area contributed by atoms with Crippen LogP contribution in [-0.2, 0) is 17.9 Å². The molecule has 2 nitrogen and oxygen atoms in total. The van der Waals surface area contributed by atoms with Crippen LogP contribution in [0.25, 0.3) is 0 Å². The number of rotatable bonds is 5. The average molecular weight is 353 g/mol. The quantitative estimate of drug-likeness (QED) is 0.819. The molecule has 0 bridgehead atoms. The largest absolute Gasteiger partial charge is 0.380 e. The number of anilines is 1. The lowest BCUT2D eigenvalue weighted by molar-refractivity contribution is 0.184. The number of halogens is 1. The number of para-hydroxylation sites is 1. The Bertz CT molecular complexity index is 513. The lowest BCUT2D eigenvalue weighted by atomic mass is 10.1. The first-order valence-corrected chi connectivity index (χ1v) is 6.93. The first-order chi connectivity index (χ1) is 8.81. The molecule has 0 radical (unpaired) electrons. The van der Waals surface area contributed by atoms with Crippen molar-refractivity contribution in [1.82, 2.24) is 0 Å². The predicted octanol–water partition coefficient (Wildman–Crippen LogP) is 4.05. The zero-order chi connectivity index (χ0) is 12.8. The molecule has 0 unspecified atom stereocenters. The second-order valence-corrected chi connectivity index (χ2v) is 5.20. The van der Waals surface area contributed by atoms with Crippen LogP contribution in [-0.4, -0.2) is 7.11 Å². The Morgan fingerprint density at radius 1 is 1.00 bits per heavy atom. The van der Waals surface area contributed by atoms with E-state index in [-0.39, 0.29) is 0 Å². The second-order valence-electron chi connectivity index (χ2n) is 4.04. The maximum Gasteiger partial charge on any atom is 0.0716 e. The summed E-state index contributed by atoms with van der Waals surface area (Å²) in [5.41, 5.74) is 3.68. The molecular weight excluding hydrogens is 337 g/mol. The molecule has 0 aliphatic rings. The summed E-state index contributed by atoms with van der Waals surface area (Å²) in [6, 6.07) is 16.6. The molecule has 0 atom stereocenters. The summed E-state index contributed by atoms with van der Waals surface area (Å²) in [7, 11) is 1.73. The normalized spacial score (nSPS) is 10.3. The average Bonchev–Trinajstić information content (AvgIpc) is 2.40. The van der Waals surface area contributed by atoms with Crippen LogP contribution in [0.3, 0.4) is 0 Å². The molecule has 0 spiro atoms. The Morgan fingerprint density at radius 2 is 1.67 bits per heavy atom. The monoisotopic (exact) mass is 353 g/mol. The highest BCUT2D eigenvalue weighted by atomic mass is 127. The molecular formula is C15H16INO. The van der Waals surface area contributed by atoms with Crippen LogP contribution in [0.5, 0.6) is 0 Å². The van der Waals surface area contributed by atoms with Gasteiger partial charge in [0.25, 0.3) is 0 Å².